The van der Waals surface area contributed by atoms with E-state index in [-0.39, 0.29) is 0 Å². The predicted octanol–water partition coefficient (Wildman–Crippen LogP) is 6.74. The number of nitrogens with zero attached hydrogens (tertiary/aromatic N) is 2. The molecule has 2 nitrogen and oxygen atoms in total. The third-order valence-corrected chi connectivity index (χ3v) is 5.76. The Morgan fingerprint density at radius 1 is 0.733 bits per heavy atom. The molecule has 1 heterocycles. The highest BCUT2D eigenvalue weighted by Crippen LogP contribution is 2.12. The van der Waals surface area contributed by atoms with E-state index in [0.29, 0.717) is 0 Å². The van der Waals surface area contributed by atoms with E-state index < -0.39 is 0 Å². The zero-order valence-electron chi connectivity index (χ0n) is 19.7. The fraction of sp³-hybridized carbons (Fsp3) is 0.500. The van der Waals surface area contributed by atoms with E-state index in [9.17, 15) is 0 Å². The lowest BCUT2D eigenvalue weighted by Gasteiger charge is -2.33. The van der Waals surface area contributed by atoms with E-state index in [2.05, 4.69) is 98.2 Å². The average Bonchev–Trinajstić information content (AvgIpc) is 2.74. The van der Waals surface area contributed by atoms with E-state index in [0.717, 1.165) is 13.1 Å². The third-order valence-electron chi connectivity index (χ3n) is 5.76. The van der Waals surface area contributed by atoms with Crippen molar-refractivity contribution >= 4 is 6.08 Å². The van der Waals surface area contributed by atoms with Crippen LogP contribution in [0.3, 0.4) is 0 Å². The van der Waals surface area contributed by atoms with Gasteiger partial charge in [0.2, 0.25) is 0 Å². The monoisotopic (exact) mass is 406 g/mol. The third kappa shape index (κ3) is 10.8. The average molecular weight is 407 g/mol. The van der Waals surface area contributed by atoms with Gasteiger partial charge in [-0.1, -0.05) is 77.4 Å². The zero-order chi connectivity index (χ0) is 21.6. The highest BCUT2D eigenvalue weighted by molar-refractivity contribution is 5.48. The molecule has 1 aromatic carbocycles. The Balaban J connectivity index is 1.60. The molecule has 30 heavy (non-hydrogen) atoms. The van der Waals surface area contributed by atoms with Crippen molar-refractivity contribution in [3.63, 3.8) is 0 Å². The smallest absolute Gasteiger partial charge is 0.0167 e. The van der Waals surface area contributed by atoms with Gasteiger partial charge in [-0.15, -0.1) is 0 Å². The first-order valence-electron chi connectivity index (χ1n) is 11.6. The normalized spacial score (nSPS) is 16.9. The van der Waals surface area contributed by atoms with E-state index in [4.69, 9.17) is 0 Å². The molecule has 0 atom stereocenters. The molecule has 0 bridgehead atoms. The first kappa shape index (κ1) is 24.4. The molecular formula is C28H42N2. The van der Waals surface area contributed by atoms with Crippen molar-refractivity contribution in [2.75, 3.05) is 39.3 Å². The largest absolute Gasteiger partial charge is 0.297 e. The Morgan fingerprint density at radius 3 is 1.93 bits per heavy atom. The van der Waals surface area contributed by atoms with Gasteiger partial charge in [-0.2, -0.15) is 0 Å². The van der Waals surface area contributed by atoms with Crippen LogP contribution in [0.4, 0.5) is 0 Å². The minimum absolute atomic E-state index is 1.05. The van der Waals surface area contributed by atoms with Crippen molar-refractivity contribution in [3.8, 4) is 0 Å². The predicted molar refractivity (Wildman–Crippen MR) is 134 cm³/mol. The topological polar surface area (TPSA) is 6.48 Å². The maximum Gasteiger partial charge on any atom is 0.0167 e. The summed E-state index contributed by atoms with van der Waals surface area (Å²) in [4.78, 5) is 5.14. The van der Waals surface area contributed by atoms with Crippen molar-refractivity contribution < 1.29 is 0 Å². The zero-order valence-corrected chi connectivity index (χ0v) is 19.7. The summed E-state index contributed by atoms with van der Waals surface area (Å²) in [5.41, 5.74) is 5.76. The van der Waals surface area contributed by atoms with Gasteiger partial charge >= 0.3 is 0 Å². The number of allylic oxidation sites excluding steroid dienone is 5. The number of rotatable bonds is 11. The van der Waals surface area contributed by atoms with Crippen LogP contribution < -0.4 is 0 Å². The first-order valence-corrected chi connectivity index (χ1v) is 11.6. The molecule has 1 aliphatic heterocycles. The van der Waals surface area contributed by atoms with Crippen LogP contribution in [0.1, 0.15) is 58.9 Å². The molecule has 2 heteroatoms. The lowest BCUT2D eigenvalue weighted by Crippen LogP contribution is -2.46. The molecule has 1 aromatic rings. The summed E-state index contributed by atoms with van der Waals surface area (Å²) in [6.45, 7) is 15.7. The summed E-state index contributed by atoms with van der Waals surface area (Å²) < 4.78 is 0. The molecular weight excluding hydrogens is 364 g/mol. The highest BCUT2D eigenvalue weighted by Gasteiger charge is 2.14. The summed E-state index contributed by atoms with van der Waals surface area (Å²) in [6.07, 6.45) is 16.5. The number of benzene rings is 1. The van der Waals surface area contributed by atoms with Crippen LogP contribution in [0.25, 0.3) is 6.08 Å². The Labute approximate surface area is 185 Å². The maximum absolute atomic E-state index is 2.58. The summed E-state index contributed by atoms with van der Waals surface area (Å²) in [5.74, 6) is 0. The number of hydrogen-bond donors (Lipinski definition) is 0. The number of piperazine rings is 1. The van der Waals surface area contributed by atoms with E-state index in [1.165, 1.54) is 74.1 Å². The standard InChI is InChI=1S/C28H42N2/c1-25(2)11-8-12-26(3)13-9-14-27(4)18-20-30-23-21-29(22-24-30)19-10-17-28-15-6-5-7-16-28/h5-7,10-11,13,15-18H,8-9,12,14,19-24H2,1-4H3/b17-10-,26-13+,27-18+. The molecule has 1 saturated heterocycles. The molecule has 0 aliphatic carbocycles. The summed E-state index contributed by atoms with van der Waals surface area (Å²) in [6, 6.07) is 10.6. The van der Waals surface area contributed by atoms with Crippen molar-refractivity contribution in [1.29, 1.82) is 0 Å². The van der Waals surface area contributed by atoms with Crippen LogP contribution in [0.15, 0.2) is 71.4 Å². The van der Waals surface area contributed by atoms with E-state index in [1.54, 1.807) is 0 Å². The molecule has 0 N–H and O–H groups in total. The lowest BCUT2D eigenvalue weighted by atomic mass is 10.1. The molecule has 0 unspecified atom stereocenters. The summed E-state index contributed by atoms with van der Waals surface area (Å²) in [5, 5.41) is 0. The van der Waals surface area contributed by atoms with Crippen molar-refractivity contribution in [2.24, 2.45) is 0 Å². The highest BCUT2D eigenvalue weighted by atomic mass is 15.3. The van der Waals surface area contributed by atoms with Gasteiger partial charge in [0, 0.05) is 39.3 Å². The summed E-state index contributed by atoms with van der Waals surface area (Å²) >= 11 is 0. The van der Waals surface area contributed by atoms with Gasteiger partial charge in [-0.3, -0.25) is 9.80 Å². The van der Waals surface area contributed by atoms with Gasteiger partial charge < -0.3 is 0 Å². The van der Waals surface area contributed by atoms with E-state index in [1.807, 2.05) is 0 Å². The second-order valence-corrected chi connectivity index (χ2v) is 8.87. The van der Waals surface area contributed by atoms with Gasteiger partial charge in [0.1, 0.15) is 0 Å². The molecule has 0 aromatic heterocycles. The van der Waals surface area contributed by atoms with Gasteiger partial charge in [-0.05, 0) is 58.9 Å². The molecule has 2 rings (SSSR count). The molecule has 1 aliphatic rings. The van der Waals surface area contributed by atoms with Gasteiger partial charge in [0.05, 0.1) is 0 Å². The molecule has 0 radical (unpaired) electrons. The van der Waals surface area contributed by atoms with Crippen LogP contribution in [0.2, 0.25) is 0 Å². The van der Waals surface area contributed by atoms with Crippen LogP contribution in [0.5, 0.6) is 0 Å². The number of hydrogen-bond acceptors (Lipinski definition) is 2. The second kappa shape index (κ2) is 14.2. The fourth-order valence-electron chi connectivity index (χ4n) is 3.68. The maximum atomic E-state index is 2.58. The van der Waals surface area contributed by atoms with Crippen LogP contribution in [-0.2, 0) is 0 Å². The molecule has 1 fully saturated rings. The first-order chi connectivity index (χ1) is 14.5. The molecule has 0 amide bonds. The Morgan fingerprint density at radius 2 is 1.30 bits per heavy atom. The molecule has 0 saturated carbocycles. The Hall–Kier alpha value is -1.90. The second-order valence-electron chi connectivity index (χ2n) is 8.87. The molecule has 0 spiro atoms. The Kier molecular flexibility index (Phi) is 11.5. The van der Waals surface area contributed by atoms with Crippen molar-refractivity contribution in [3.05, 3.63) is 76.9 Å². The minimum Gasteiger partial charge on any atom is -0.297 e. The Bertz CT molecular complexity index is 712. The SMILES string of the molecule is CC(C)=CCC/C(C)=C/CC/C(C)=C/CN1CCN(C/C=C\c2ccccc2)CC1. The minimum atomic E-state index is 1.05. The van der Waals surface area contributed by atoms with Gasteiger partial charge in [0.25, 0.3) is 0 Å². The fourth-order valence-corrected chi connectivity index (χ4v) is 3.68. The summed E-state index contributed by atoms with van der Waals surface area (Å²) in [7, 11) is 0. The van der Waals surface area contributed by atoms with Gasteiger partial charge in [-0.25, -0.2) is 0 Å². The quantitative estimate of drug-likeness (QED) is 0.376. The van der Waals surface area contributed by atoms with Crippen molar-refractivity contribution in [2.45, 2.75) is 53.4 Å². The van der Waals surface area contributed by atoms with Crippen LogP contribution in [-0.4, -0.2) is 49.1 Å². The lowest BCUT2D eigenvalue weighted by molar-refractivity contribution is 0.153. The van der Waals surface area contributed by atoms with E-state index >= 15 is 0 Å². The van der Waals surface area contributed by atoms with Gasteiger partial charge in [0.15, 0.2) is 0 Å². The van der Waals surface area contributed by atoms with Crippen LogP contribution in [0, 0.1) is 0 Å². The van der Waals surface area contributed by atoms with Crippen LogP contribution >= 0.6 is 0 Å². The molecule has 164 valence electrons. The van der Waals surface area contributed by atoms with Crippen molar-refractivity contribution in [1.82, 2.24) is 9.80 Å².